The Kier molecular flexibility index (Phi) is 3.89. The minimum atomic E-state index is -0.346. The number of carbonyl (C=O) groups is 1. The van der Waals surface area contributed by atoms with E-state index in [0.717, 1.165) is 12.8 Å². The molecule has 0 amide bonds. The van der Waals surface area contributed by atoms with E-state index in [0.29, 0.717) is 24.7 Å². The molecule has 2 unspecified atom stereocenters. The first-order chi connectivity index (χ1) is 6.15. The van der Waals surface area contributed by atoms with Crippen molar-refractivity contribution >= 4 is 5.78 Å². The van der Waals surface area contributed by atoms with Crippen LogP contribution in [0.1, 0.15) is 39.5 Å². The highest BCUT2D eigenvalue weighted by molar-refractivity contribution is 5.81. The average molecular weight is 186 g/mol. The maximum atomic E-state index is 12.1. The van der Waals surface area contributed by atoms with Crippen molar-refractivity contribution in [2.45, 2.75) is 39.5 Å². The Morgan fingerprint density at radius 1 is 1.54 bits per heavy atom. The van der Waals surface area contributed by atoms with Gasteiger partial charge in [0.05, 0.1) is 6.67 Å². The molecular weight excluding hydrogens is 167 g/mol. The van der Waals surface area contributed by atoms with Gasteiger partial charge in [0.25, 0.3) is 0 Å². The summed E-state index contributed by atoms with van der Waals surface area (Å²) in [7, 11) is 0. The maximum absolute atomic E-state index is 12.1. The van der Waals surface area contributed by atoms with Gasteiger partial charge >= 0.3 is 0 Å². The van der Waals surface area contributed by atoms with Crippen LogP contribution >= 0.6 is 0 Å². The molecule has 13 heavy (non-hydrogen) atoms. The van der Waals surface area contributed by atoms with Gasteiger partial charge in [0, 0.05) is 12.3 Å². The third kappa shape index (κ3) is 2.78. The zero-order valence-electron chi connectivity index (χ0n) is 8.55. The molecule has 0 heterocycles. The molecule has 2 atom stereocenters. The first-order valence-electron chi connectivity index (χ1n) is 5.23. The van der Waals surface area contributed by atoms with E-state index in [1.54, 1.807) is 0 Å². The summed E-state index contributed by atoms with van der Waals surface area (Å²) in [6.45, 7) is 4.03. The molecule has 1 nitrogen and oxygen atoms in total. The smallest absolute Gasteiger partial charge is 0.136 e. The molecule has 0 aromatic heterocycles. The van der Waals surface area contributed by atoms with Gasteiger partial charge in [-0.3, -0.25) is 9.18 Å². The fourth-order valence-electron chi connectivity index (χ4n) is 2.16. The number of carbonyl (C=O) groups excluding carboxylic acids is 1. The Morgan fingerprint density at radius 2 is 2.23 bits per heavy atom. The normalized spacial score (nSPS) is 29.7. The highest BCUT2D eigenvalue weighted by atomic mass is 19.1. The molecule has 0 saturated heterocycles. The van der Waals surface area contributed by atoms with E-state index in [9.17, 15) is 9.18 Å². The van der Waals surface area contributed by atoms with Crippen LogP contribution in [0.3, 0.4) is 0 Å². The van der Waals surface area contributed by atoms with Gasteiger partial charge in [0.2, 0.25) is 0 Å². The molecule has 0 bridgehead atoms. The van der Waals surface area contributed by atoms with Crippen LogP contribution in [0.2, 0.25) is 0 Å². The van der Waals surface area contributed by atoms with Crippen LogP contribution < -0.4 is 0 Å². The summed E-state index contributed by atoms with van der Waals surface area (Å²) in [6.07, 6.45) is 3.05. The van der Waals surface area contributed by atoms with Gasteiger partial charge in [-0.1, -0.05) is 13.8 Å². The zero-order valence-corrected chi connectivity index (χ0v) is 8.55. The maximum Gasteiger partial charge on any atom is 0.136 e. The molecule has 0 radical (unpaired) electrons. The summed E-state index contributed by atoms with van der Waals surface area (Å²) in [4.78, 5) is 11.4. The summed E-state index contributed by atoms with van der Waals surface area (Å²) < 4.78 is 12.1. The minimum absolute atomic E-state index is 0.0196. The van der Waals surface area contributed by atoms with E-state index < -0.39 is 0 Å². The molecule has 1 saturated carbocycles. The first kappa shape index (κ1) is 10.7. The van der Waals surface area contributed by atoms with Crippen LogP contribution in [0.25, 0.3) is 0 Å². The van der Waals surface area contributed by atoms with Crippen molar-refractivity contribution in [3.05, 3.63) is 0 Å². The van der Waals surface area contributed by atoms with Crippen LogP contribution in [0, 0.1) is 17.8 Å². The molecule has 76 valence electrons. The predicted octanol–water partition coefficient (Wildman–Crippen LogP) is 2.99. The Hall–Kier alpha value is -0.400. The van der Waals surface area contributed by atoms with Gasteiger partial charge in [-0.2, -0.15) is 0 Å². The minimum Gasteiger partial charge on any atom is -0.299 e. The first-order valence-corrected chi connectivity index (χ1v) is 5.23. The van der Waals surface area contributed by atoms with Crippen LogP contribution in [0.5, 0.6) is 0 Å². The van der Waals surface area contributed by atoms with E-state index in [2.05, 4.69) is 13.8 Å². The highest BCUT2D eigenvalue weighted by Gasteiger charge is 2.29. The molecular formula is C11H19FO. The monoisotopic (exact) mass is 186 g/mol. The number of hydrogen-bond donors (Lipinski definition) is 0. The van der Waals surface area contributed by atoms with Crippen LogP contribution in [0.15, 0.2) is 0 Å². The number of Topliss-reactive ketones (excluding diaryl/α,β-unsaturated/α-hetero) is 1. The SMILES string of the molecule is CC(C)C1CCC(=O)C(CCF)C1. The number of alkyl halides is 1. The summed E-state index contributed by atoms with van der Waals surface area (Å²) in [5, 5.41) is 0. The Balaban J connectivity index is 2.47. The van der Waals surface area contributed by atoms with Crippen molar-refractivity contribution in [3.8, 4) is 0 Å². The van der Waals surface area contributed by atoms with E-state index in [-0.39, 0.29) is 18.4 Å². The Morgan fingerprint density at radius 3 is 2.77 bits per heavy atom. The Labute approximate surface area is 79.7 Å². The van der Waals surface area contributed by atoms with Gasteiger partial charge in [-0.15, -0.1) is 0 Å². The highest BCUT2D eigenvalue weighted by Crippen LogP contribution is 2.33. The second kappa shape index (κ2) is 4.73. The van der Waals surface area contributed by atoms with E-state index in [1.165, 1.54) is 0 Å². The number of rotatable bonds is 3. The lowest BCUT2D eigenvalue weighted by molar-refractivity contribution is -0.126. The summed E-state index contributed by atoms with van der Waals surface area (Å²) >= 11 is 0. The standard InChI is InChI=1S/C11H19FO/c1-8(2)9-3-4-11(13)10(7-9)5-6-12/h8-10H,3-7H2,1-2H3. The summed E-state index contributed by atoms with van der Waals surface area (Å²) in [5.41, 5.74) is 0. The Bertz CT molecular complexity index is 177. The topological polar surface area (TPSA) is 17.1 Å². The lowest BCUT2D eigenvalue weighted by Crippen LogP contribution is -2.27. The van der Waals surface area contributed by atoms with E-state index >= 15 is 0 Å². The van der Waals surface area contributed by atoms with Crippen molar-refractivity contribution in [2.24, 2.45) is 17.8 Å². The van der Waals surface area contributed by atoms with E-state index in [4.69, 9.17) is 0 Å². The summed E-state index contributed by atoms with van der Waals surface area (Å²) in [6, 6.07) is 0. The van der Waals surface area contributed by atoms with Crippen molar-refractivity contribution in [2.75, 3.05) is 6.67 Å². The van der Waals surface area contributed by atoms with Gasteiger partial charge in [-0.05, 0) is 31.1 Å². The molecule has 2 heteroatoms. The quantitative estimate of drug-likeness (QED) is 0.662. The summed E-state index contributed by atoms with van der Waals surface area (Å²) in [5.74, 6) is 1.57. The molecule has 0 aliphatic heterocycles. The molecule has 0 N–H and O–H groups in total. The van der Waals surface area contributed by atoms with Gasteiger partial charge in [-0.25, -0.2) is 0 Å². The molecule has 1 rings (SSSR count). The van der Waals surface area contributed by atoms with Crippen LogP contribution in [-0.4, -0.2) is 12.5 Å². The van der Waals surface area contributed by atoms with Crippen molar-refractivity contribution in [1.29, 1.82) is 0 Å². The van der Waals surface area contributed by atoms with Crippen molar-refractivity contribution < 1.29 is 9.18 Å². The fourth-order valence-corrected chi connectivity index (χ4v) is 2.16. The molecule has 1 aliphatic rings. The number of hydrogen-bond acceptors (Lipinski definition) is 1. The second-order valence-corrected chi connectivity index (χ2v) is 4.42. The second-order valence-electron chi connectivity index (χ2n) is 4.42. The molecule has 0 aromatic rings. The fraction of sp³-hybridized carbons (Fsp3) is 0.909. The van der Waals surface area contributed by atoms with Gasteiger partial charge in [0.1, 0.15) is 5.78 Å². The molecule has 0 spiro atoms. The van der Waals surface area contributed by atoms with Crippen molar-refractivity contribution in [1.82, 2.24) is 0 Å². The number of halogens is 1. The number of ketones is 1. The lowest BCUT2D eigenvalue weighted by atomic mass is 9.74. The van der Waals surface area contributed by atoms with Gasteiger partial charge in [0.15, 0.2) is 0 Å². The molecule has 0 aromatic carbocycles. The average Bonchev–Trinajstić information content (AvgIpc) is 2.08. The molecule has 1 fully saturated rings. The predicted molar refractivity (Wildman–Crippen MR) is 51.3 cm³/mol. The zero-order chi connectivity index (χ0) is 9.84. The van der Waals surface area contributed by atoms with Crippen LogP contribution in [0.4, 0.5) is 4.39 Å². The van der Waals surface area contributed by atoms with Crippen LogP contribution in [-0.2, 0) is 4.79 Å². The third-order valence-corrected chi connectivity index (χ3v) is 3.20. The van der Waals surface area contributed by atoms with Crippen molar-refractivity contribution in [3.63, 3.8) is 0 Å². The van der Waals surface area contributed by atoms with Gasteiger partial charge < -0.3 is 0 Å². The lowest BCUT2D eigenvalue weighted by Gasteiger charge is -2.30. The largest absolute Gasteiger partial charge is 0.299 e. The molecule has 1 aliphatic carbocycles. The van der Waals surface area contributed by atoms with E-state index in [1.807, 2.05) is 0 Å². The third-order valence-electron chi connectivity index (χ3n) is 3.20.